The number of ether oxygens (including phenoxy) is 3. The molecule has 0 bridgehead atoms. The van der Waals surface area contributed by atoms with Gasteiger partial charge < -0.3 is 34.2 Å². The van der Waals surface area contributed by atoms with E-state index in [1.807, 2.05) is 0 Å². The SMILES string of the molecule is CCCCC/C=C\C/C=C\C/C=C\C/C=C\CCCCCCCCCCCCCCCCCCCCCC(=O)OCC(O)COP(=O)(O)OCC(O)COP(=O)(O)OCC(COC(=O)CCCCCCCCCCCCCCCCCCCCC/C=C\C/C=C\C/C=C\C/C=C\CCCCC)OC(=O)CCCCCCC/C=C\C/C=C\CCCCC. The number of aliphatic hydroxyl groups is 2. The van der Waals surface area contributed by atoms with Crippen LogP contribution in [0.3, 0.4) is 0 Å². The standard InChI is InChI=1S/C103H184O16P2/c1-4-7-10-13-16-19-22-25-28-30-32-34-36-38-40-42-44-46-48-50-52-54-56-58-60-62-64-66-69-71-74-77-80-83-86-89-101(106)113-92-98(104)93-115-120(109,110)116-94-99(105)95-117-121(111,112)118-97-100(119-103(108)91-88-85-82-79-76-73-68-27-24-21-18-15-12-9-6-3)96-114-102(107)90-87-84-81-78-75-72-70-67-65-63-61-59-57-55-53-51-49-47-45-43-41-39-37-35-33-31-29-26-23-20-17-14-11-8-5-2/h16-21,25-29,32-35,38-41,68,98-100,104-105H,4-15,22-24,30-31,36-37,42-67,69-97H2,1-3H3,(H,109,110)(H,111,112)/b19-16-,20-17-,21-18-,28-25-,29-26-,34-32-,35-33-,40-38-,41-39-,68-27-. The fourth-order valence-corrected chi connectivity index (χ4v) is 15.6. The maximum Gasteiger partial charge on any atom is 0.472 e. The lowest BCUT2D eigenvalue weighted by molar-refractivity contribution is -0.161. The number of aliphatic hydroxyl groups excluding tert-OH is 2. The molecule has 0 aromatic heterocycles. The number of phosphoric acid groups is 2. The van der Waals surface area contributed by atoms with E-state index in [0.29, 0.717) is 19.3 Å². The zero-order chi connectivity index (χ0) is 87.9. The third-order valence-electron chi connectivity index (χ3n) is 21.6. The fourth-order valence-electron chi connectivity index (χ4n) is 14.0. The van der Waals surface area contributed by atoms with Crippen molar-refractivity contribution in [2.24, 2.45) is 0 Å². The van der Waals surface area contributed by atoms with E-state index in [-0.39, 0.29) is 19.3 Å². The second-order valence-electron chi connectivity index (χ2n) is 33.6. The van der Waals surface area contributed by atoms with Gasteiger partial charge in [0.15, 0.2) is 6.10 Å². The summed E-state index contributed by atoms with van der Waals surface area (Å²) in [7, 11) is -9.80. The van der Waals surface area contributed by atoms with Crippen LogP contribution in [0.1, 0.15) is 457 Å². The number of hydrogen-bond acceptors (Lipinski definition) is 14. The molecule has 5 unspecified atom stereocenters. The molecule has 0 radical (unpaired) electrons. The van der Waals surface area contributed by atoms with Gasteiger partial charge in [-0.2, -0.15) is 0 Å². The first-order valence-corrected chi connectivity index (χ1v) is 52.8. The smallest absolute Gasteiger partial charge is 0.463 e. The van der Waals surface area contributed by atoms with Gasteiger partial charge in [-0.3, -0.25) is 32.5 Å². The van der Waals surface area contributed by atoms with Crippen molar-refractivity contribution in [2.75, 3.05) is 39.6 Å². The molecule has 0 aromatic carbocycles. The van der Waals surface area contributed by atoms with Gasteiger partial charge >= 0.3 is 33.6 Å². The third kappa shape index (κ3) is 96.4. The topological polar surface area (TPSA) is 231 Å². The average Bonchev–Trinajstić information content (AvgIpc) is 0.890. The van der Waals surface area contributed by atoms with Gasteiger partial charge in [0.05, 0.1) is 26.4 Å². The Balaban J connectivity index is 4.38. The summed E-state index contributed by atoms with van der Waals surface area (Å²) in [4.78, 5) is 59.0. The summed E-state index contributed by atoms with van der Waals surface area (Å²) in [5, 5.41) is 20.7. The molecule has 0 heterocycles. The Morgan fingerprint density at radius 1 is 0.231 bits per heavy atom. The Labute approximate surface area is 742 Å². The molecule has 0 rings (SSSR count). The number of esters is 3. The number of carbonyl (C=O) groups excluding carboxylic acids is 3. The molecule has 0 aliphatic rings. The molecule has 5 atom stereocenters. The van der Waals surface area contributed by atoms with Crippen molar-refractivity contribution in [3.63, 3.8) is 0 Å². The first kappa shape index (κ1) is 117. The lowest BCUT2D eigenvalue weighted by atomic mass is 10.0. The van der Waals surface area contributed by atoms with E-state index in [1.54, 1.807) is 0 Å². The summed E-state index contributed by atoms with van der Waals surface area (Å²) in [6, 6.07) is 0. The van der Waals surface area contributed by atoms with Crippen LogP contribution in [0.5, 0.6) is 0 Å². The number of hydrogen-bond donors (Lipinski definition) is 4. The van der Waals surface area contributed by atoms with Gasteiger partial charge in [0, 0.05) is 19.3 Å². The van der Waals surface area contributed by atoms with Gasteiger partial charge in [0.25, 0.3) is 0 Å². The Bertz CT molecular complexity index is 2680. The molecule has 702 valence electrons. The molecule has 121 heavy (non-hydrogen) atoms. The summed E-state index contributed by atoms with van der Waals surface area (Å²) in [5.74, 6) is -1.57. The Kier molecular flexibility index (Phi) is 91.9. The van der Waals surface area contributed by atoms with Crippen LogP contribution in [-0.2, 0) is 55.8 Å². The van der Waals surface area contributed by atoms with Gasteiger partial charge in [-0.1, -0.05) is 418 Å². The highest BCUT2D eigenvalue weighted by Crippen LogP contribution is 2.45. The summed E-state index contributed by atoms with van der Waals surface area (Å²) >= 11 is 0. The minimum absolute atomic E-state index is 0.0906. The van der Waals surface area contributed by atoms with Crippen molar-refractivity contribution in [1.29, 1.82) is 0 Å². The van der Waals surface area contributed by atoms with Crippen LogP contribution in [0.2, 0.25) is 0 Å². The summed E-state index contributed by atoms with van der Waals surface area (Å²) in [6.45, 7) is 2.66. The number of rotatable bonds is 95. The van der Waals surface area contributed by atoms with Crippen LogP contribution in [0, 0.1) is 0 Å². The van der Waals surface area contributed by atoms with Crippen LogP contribution >= 0.6 is 15.6 Å². The Morgan fingerprint density at radius 2 is 0.413 bits per heavy atom. The Hall–Kier alpha value is -4.05. The van der Waals surface area contributed by atoms with E-state index in [4.69, 9.17) is 32.3 Å². The molecule has 0 amide bonds. The van der Waals surface area contributed by atoms with Crippen LogP contribution in [0.4, 0.5) is 0 Å². The van der Waals surface area contributed by atoms with Gasteiger partial charge in [-0.25, -0.2) is 9.13 Å². The van der Waals surface area contributed by atoms with Crippen LogP contribution in [0.15, 0.2) is 122 Å². The molecular weight excluding hydrogens is 1560 g/mol. The van der Waals surface area contributed by atoms with Crippen molar-refractivity contribution < 1.29 is 75.8 Å². The summed E-state index contributed by atoms with van der Waals surface area (Å²) < 4.78 is 61.5. The number of unbranched alkanes of at least 4 members (excludes halogenated alkanes) is 52. The van der Waals surface area contributed by atoms with Gasteiger partial charge in [-0.05, 0) is 141 Å². The van der Waals surface area contributed by atoms with E-state index >= 15 is 0 Å². The zero-order valence-corrected chi connectivity index (χ0v) is 79.5. The van der Waals surface area contributed by atoms with Crippen molar-refractivity contribution in [3.8, 4) is 0 Å². The van der Waals surface area contributed by atoms with Crippen LogP contribution < -0.4 is 0 Å². The van der Waals surface area contributed by atoms with Crippen LogP contribution in [0.25, 0.3) is 0 Å². The van der Waals surface area contributed by atoms with E-state index in [2.05, 4.69) is 142 Å². The lowest BCUT2D eigenvalue weighted by Crippen LogP contribution is -2.30. The molecule has 18 heteroatoms. The van der Waals surface area contributed by atoms with Gasteiger partial charge in [0.1, 0.15) is 25.4 Å². The molecule has 0 aliphatic carbocycles. The number of allylic oxidation sites excluding steroid dienone is 20. The van der Waals surface area contributed by atoms with E-state index in [0.717, 1.165) is 122 Å². The fraction of sp³-hybridized carbons (Fsp3) is 0.777. The minimum atomic E-state index is -4.94. The summed E-state index contributed by atoms with van der Waals surface area (Å²) in [6.07, 6.45) is 119. The first-order chi connectivity index (χ1) is 59.2. The molecular formula is C103H184O16P2. The highest BCUT2D eigenvalue weighted by molar-refractivity contribution is 7.47. The third-order valence-corrected chi connectivity index (χ3v) is 23.5. The molecule has 0 fully saturated rings. The minimum Gasteiger partial charge on any atom is -0.463 e. The van der Waals surface area contributed by atoms with Crippen LogP contribution in [-0.4, -0.2) is 95.9 Å². The maximum absolute atomic E-state index is 13.0. The quantitative estimate of drug-likeness (QED) is 0.0146. The van der Waals surface area contributed by atoms with Crippen molar-refractivity contribution in [3.05, 3.63) is 122 Å². The second kappa shape index (κ2) is 95.1. The molecule has 0 aromatic rings. The van der Waals surface area contributed by atoms with E-state index < -0.39 is 91.5 Å². The molecule has 0 saturated heterocycles. The molecule has 0 spiro atoms. The maximum atomic E-state index is 13.0. The molecule has 4 N–H and O–H groups in total. The molecule has 0 aliphatic heterocycles. The molecule has 0 saturated carbocycles. The van der Waals surface area contributed by atoms with E-state index in [9.17, 15) is 43.5 Å². The predicted octanol–water partition coefficient (Wildman–Crippen LogP) is 31.1. The zero-order valence-electron chi connectivity index (χ0n) is 77.7. The predicted molar refractivity (Wildman–Crippen MR) is 510 cm³/mol. The van der Waals surface area contributed by atoms with E-state index in [1.165, 1.54) is 276 Å². The van der Waals surface area contributed by atoms with Crippen molar-refractivity contribution in [1.82, 2.24) is 0 Å². The number of phosphoric ester groups is 2. The highest BCUT2D eigenvalue weighted by Gasteiger charge is 2.30. The van der Waals surface area contributed by atoms with Gasteiger partial charge in [0.2, 0.25) is 0 Å². The van der Waals surface area contributed by atoms with Gasteiger partial charge in [-0.15, -0.1) is 0 Å². The normalized spacial score (nSPS) is 14.2. The van der Waals surface area contributed by atoms with Crippen molar-refractivity contribution in [2.45, 2.75) is 476 Å². The molecule has 16 nitrogen and oxygen atoms in total. The average molecular weight is 1740 g/mol. The highest BCUT2D eigenvalue weighted by atomic mass is 31.2. The summed E-state index contributed by atoms with van der Waals surface area (Å²) in [5.41, 5.74) is 0. The Morgan fingerprint density at radius 3 is 0.653 bits per heavy atom. The number of carbonyl (C=O) groups is 3. The second-order valence-corrected chi connectivity index (χ2v) is 36.5. The monoisotopic (exact) mass is 1740 g/mol. The lowest BCUT2D eigenvalue weighted by Gasteiger charge is -2.21. The largest absolute Gasteiger partial charge is 0.472 e. The first-order valence-electron chi connectivity index (χ1n) is 49.8. The van der Waals surface area contributed by atoms with Crippen molar-refractivity contribution >= 4 is 33.6 Å².